The second kappa shape index (κ2) is 5.75. The Kier molecular flexibility index (Phi) is 4.06. The minimum absolute atomic E-state index is 0.0914. The fourth-order valence-electron chi connectivity index (χ4n) is 1.87. The fraction of sp³-hybridized carbons (Fsp3) is 0.214. The third kappa shape index (κ3) is 2.88. The van der Waals surface area contributed by atoms with Crippen LogP contribution in [0.1, 0.15) is 5.56 Å². The van der Waals surface area contributed by atoms with E-state index in [2.05, 4.69) is 10.3 Å². The van der Waals surface area contributed by atoms with Crippen molar-refractivity contribution < 1.29 is 13.5 Å². The Bertz CT molecular complexity index is 564. The molecule has 1 heterocycles. The highest BCUT2D eigenvalue weighted by Crippen LogP contribution is 2.29. The fourth-order valence-corrected chi connectivity index (χ4v) is 1.87. The van der Waals surface area contributed by atoms with Gasteiger partial charge in [0.1, 0.15) is 17.4 Å². The molecule has 0 saturated heterocycles. The number of aromatic nitrogens is 1. The van der Waals surface area contributed by atoms with Gasteiger partial charge in [-0.05, 0) is 18.7 Å². The molecule has 0 spiro atoms. The smallest absolute Gasteiger partial charge is 0.137 e. The topological polar surface area (TPSA) is 34.2 Å². The second-order valence-corrected chi connectivity index (χ2v) is 4.08. The number of hydrogen-bond donors (Lipinski definition) is 1. The first kappa shape index (κ1) is 13.4. The van der Waals surface area contributed by atoms with Gasteiger partial charge in [0.2, 0.25) is 0 Å². The van der Waals surface area contributed by atoms with Crippen molar-refractivity contribution in [3.8, 4) is 16.9 Å². The first-order chi connectivity index (χ1) is 9.15. The molecule has 0 unspecified atom stereocenters. The summed E-state index contributed by atoms with van der Waals surface area (Å²) >= 11 is 0. The molecule has 0 amide bonds. The molecular formula is C14H14F2N2O. The van der Waals surface area contributed by atoms with Gasteiger partial charge in [0.05, 0.1) is 12.7 Å². The van der Waals surface area contributed by atoms with Crippen LogP contribution in [-0.4, -0.2) is 19.1 Å². The number of ether oxygens (including phenoxy) is 1. The lowest BCUT2D eigenvalue weighted by Gasteiger charge is -2.09. The molecule has 0 bridgehead atoms. The van der Waals surface area contributed by atoms with E-state index in [0.717, 1.165) is 17.7 Å². The third-order valence-electron chi connectivity index (χ3n) is 2.72. The number of hydrogen-bond acceptors (Lipinski definition) is 3. The average Bonchev–Trinajstić information content (AvgIpc) is 2.38. The number of methoxy groups -OCH3 is 1. The van der Waals surface area contributed by atoms with Crippen LogP contribution >= 0.6 is 0 Å². The summed E-state index contributed by atoms with van der Waals surface area (Å²) in [4.78, 5) is 4.00. The first-order valence-electron chi connectivity index (χ1n) is 5.77. The van der Waals surface area contributed by atoms with Crippen LogP contribution in [0.5, 0.6) is 5.75 Å². The highest BCUT2D eigenvalue weighted by atomic mass is 19.1. The Balaban J connectivity index is 2.49. The maximum Gasteiger partial charge on any atom is 0.137 e. The standard InChI is InChI=1S/C14H14F2N2O/c1-17-6-9-3-10(8-18-7-9)14-12(15)4-11(19-2)5-13(14)16/h3-5,7-8,17H,6H2,1-2H3. The van der Waals surface area contributed by atoms with Gasteiger partial charge in [0, 0.05) is 36.6 Å². The van der Waals surface area contributed by atoms with Crippen LogP contribution in [-0.2, 0) is 6.54 Å². The van der Waals surface area contributed by atoms with Gasteiger partial charge in [0.15, 0.2) is 0 Å². The molecule has 0 aliphatic carbocycles. The zero-order valence-corrected chi connectivity index (χ0v) is 10.7. The lowest BCUT2D eigenvalue weighted by atomic mass is 10.0. The quantitative estimate of drug-likeness (QED) is 0.922. The molecular weight excluding hydrogens is 250 g/mol. The molecule has 100 valence electrons. The molecule has 1 aromatic heterocycles. The molecule has 0 atom stereocenters. The number of benzene rings is 1. The Morgan fingerprint density at radius 2 is 1.84 bits per heavy atom. The Morgan fingerprint density at radius 3 is 2.42 bits per heavy atom. The second-order valence-electron chi connectivity index (χ2n) is 4.08. The summed E-state index contributed by atoms with van der Waals surface area (Å²) in [5.41, 5.74) is 1.17. The van der Waals surface area contributed by atoms with Crippen molar-refractivity contribution in [3.05, 3.63) is 47.8 Å². The monoisotopic (exact) mass is 264 g/mol. The average molecular weight is 264 g/mol. The molecule has 0 fully saturated rings. The SMILES string of the molecule is CNCc1cncc(-c2c(F)cc(OC)cc2F)c1. The number of rotatable bonds is 4. The molecule has 0 aliphatic rings. The number of nitrogens with zero attached hydrogens (tertiary/aromatic N) is 1. The highest BCUT2D eigenvalue weighted by Gasteiger charge is 2.14. The molecule has 3 nitrogen and oxygen atoms in total. The van der Waals surface area contributed by atoms with Crippen molar-refractivity contribution in [1.82, 2.24) is 10.3 Å². The van der Waals surface area contributed by atoms with E-state index in [1.54, 1.807) is 19.3 Å². The normalized spacial score (nSPS) is 10.5. The van der Waals surface area contributed by atoms with E-state index in [4.69, 9.17) is 4.74 Å². The molecule has 2 aromatic rings. The summed E-state index contributed by atoms with van der Waals surface area (Å²) in [5, 5.41) is 2.96. The summed E-state index contributed by atoms with van der Waals surface area (Å²) in [6.07, 6.45) is 3.09. The minimum atomic E-state index is -0.666. The van der Waals surface area contributed by atoms with Gasteiger partial charge in [-0.2, -0.15) is 0 Å². The van der Waals surface area contributed by atoms with E-state index in [0.29, 0.717) is 12.1 Å². The van der Waals surface area contributed by atoms with Crippen LogP contribution in [0.25, 0.3) is 11.1 Å². The molecule has 0 saturated carbocycles. The van der Waals surface area contributed by atoms with Crippen LogP contribution in [0.2, 0.25) is 0 Å². The van der Waals surface area contributed by atoms with Crippen molar-refractivity contribution in [2.75, 3.05) is 14.2 Å². The summed E-state index contributed by atoms with van der Waals surface area (Å²) in [5.74, 6) is -1.18. The van der Waals surface area contributed by atoms with Gasteiger partial charge in [-0.3, -0.25) is 4.98 Å². The Hall–Kier alpha value is -2.01. The third-order valence-corrected chi connectivity index (χ3v) is 2.72. The van der Waals surface area contributed by atoms with Gasteiger partial charge in [0.25, 0.3) is 0 Å². The number of halogens is 2. The molecule has 5 heteroatoms. The minimum Gasteiger partial charge on any atom is -0.497 e. The van der Waals surface area contributed by atoms with Gasteiger partial charge < -0.3 is 10.1 Å². The zero-order valence-electron chi connectivity index (χ0n) is 10.7. The lowest BCUT2D eigenvalue weighted by Crippen LogP contribution is -2.05. The van der Waals surface area contributed by atoms with Crippen molar-refractivity contribution in [2.45, 2.75) is 6.54 Å². The van der Waals surface area contributed by atoms with Gasteiger partial charge in [-0.25, -0.2) is 8.78 Å². The van der Waals surface area contributed by atoms with Gasteiger partial charge in [-0.15, -0.1) is 0 Å². The molecule has 0 radical (unpaired) electrons. The molecule has 19 heavy (non-hydrogen) atoms. The van der Waals surface area contributed by atoms with Crippen LogP contribution in [0.15, 0.2) is 30.6 Å². The van der Waals surface area contributed by atoms with E-state index in [-0.39, 0.29) is 11.3 Å². The highest BCUT2D eigenvalue weighted by molar-refractivity contribution is 5.65. The van der Waals surface area contributed by atoms with Crippen molar-refractivity contribution >= 4 is 0 Å². The maximum atomic E-state index is 13.9. The van der Waals surface area contributed by atoms with Crippen LogP contribution in [0, 0.1) is 11.6 Å². The van der Waals surface area contributed by atoms with Crippen molar-refractivity contribution in [3.63, 3.8) is 0 Å². The lowest BCUT2D eigenvalue weighted by molar-refractivity contribution is 0.407. The number of pyridine rings is 1. The van der Waals surface area contributed by atoms with E-state index in [1.165, 1.54) is 13.3 Å². The van der Waals surface area contributed by atoms with Gasteiger partial charge in [-0.1, -0.05) is 0 Å². The van der Waals surface area contributed by atoms with Gasteiger partial charge >= 0.3 is 0 Å². The largest absolute Gasteiger partial charge is 0.497 e. The van der Waals surface area contributed by atoms with Crippen LogP contribution < -0.4 is 10.1 Å². The summed E-state index contributed by atoms with van der Waals surface area (Å²) in [6, 6.07) is 4.02. The first-order valence-corrected chi connectivity index (χ1v) is 5.77. The Morgan fingerprint density at radius 1 is 1.16 bits per heavy atom. The summed E-state index contributed by atoms with van der Waals surface area (Å²) in [7, 11) is 3.16. The summed E-state index contributed by atoms with van der Waals surface area (Å²) < 4.78 is 32.7. The van der Waals surface area contributed by atoms with E-state index >= 15 is 0 Å². The number of nitrogens with one attached hydrogen (secondary N) is 1. The van der Waals surface area contributed by atoms with E-state index < -0.39 is 11.6 Å². The molecule has 0 aliphatic heterocycles. The van der Waals surface area contributed by atoms with Crippen LogP contribution in [0.3, 0.4) is 0 Å². The maximum absolute atomic E-state index is 13.9. The molecule has 1 aromatic carbocycles. The van der Waals surface area contributed by atoms with Crippen molar-refractivity contribution in [1.29, 1.82) is 0 Å². The van der Waals surface area contributed by atoms with E-state index in [1.807, 2.05) is 0 Å². The van der Waals surface area contributed by atoms with E-state index in [9.17, 15) is 8.78 Å². The van der Waals surface area contributed by atoms with Crippen molar-refractivity contribution in [2.24, 2.45) is 0 Å². The predicted molar refractivity (Wildman–Crippen MR) is 68.9 cm³/mol. The molecule has 2 rings (SSSR count). The predicted octanol–water partition coefficient (Wildman–Crippen LogP) is 2.75. The zero-order chi connectivity index (χ0) is 13.8. The molecule has 1 N–H and O–H groups in total. The summed E-state index contributed by atoms with van der Waals surface area (Å²) in [6.45, 7) is 0.584. The Labute approximate surface area is 110 Å². The van der Waals surface area contributed by atoms with Crippen LogP contribution in [0.4, 0.5) is 8.78 Å².